The Labute approximate surface area is 279 Å². The van der Waals surface area contributed by atoms with Gasteiger partial charge in [0.1, 0.15) is 0 Å². The molecule has 0 saturated carbocycles. The van der Waals surface area contributed by atoms with Gasteiger partial charge in [-0.25, -0.2) is 9.97 Å². The van der Waals surface area contributed by atoms with Crippen molar-refractivity contribution in [3.05, 3.63) is 182 Å². The van der Waals surface area contributed by atoms with Crippen LogP contribution in [0.4, 0.5) is 0 Å². The van der Waals surface area contributed by atoms with E-state index in [0.29, 0.717) is 0 Å². The fourth-order valence-electron chi connectivity index (χ4n) is 7.06. The molecule has 0 spiro atoms. The molecule has 0 amide bonds. The molecule has 0 bridgehead atoms. The molecule has 0 fully saturated rings. The molecular weight excluding hydrogens is 581 g/mol. The zero-order valence-electron chi connectivity index (χ0n) is 26.2. The summed E-state index contributed by atoms with van der Waals surface area (Å²) in [6.07, 6.45) is 1.96. The lowest BCUT2D eigenvalue weighted by molar-refractivity contribution is 1.23. The smallest absolute Gasteiger partial charge is 0.159 e. The zero-order chi connectivity index (χ0) is 31.9. The summed E-state index contributed by atoms with van der Waals surface area (Å²) >= 11 is 0. The van der Waals surface area contributed by atoms with Crippen molar-refractivity contribution in [2.24, 2.45) is 0 Å². The van der Waals surface area contributed by atoms with Crippen LogP contribution in [0.5, 0.6) is 0 Å². The van der Waals surface area contributed by atoms with Crippen molar-refractivity contribution in [3.8, 4) is 55.9 Å². The average Bonchev–Trinajstić information content (AvgIpc) is 3.17. The second-order valence-corrected chi connectivity index (χ2v) is 12.2. The third kappa shape index (κ3) is 4.83. The molecule has 9 aromatic rings. The van der Waals surface area contributed by atoms with Gasteiger partial charge >= 0.3 is 0 Å². The van der Waals surface area contributed by atoms with Crippen molar-refractivity contribution in [2.45, 2.75) is 0 Å². The Morgan fingerprint density at radius 3 is 1.48 bits per heavy atom. The van der Waals surface area contributed by atoms with E-state index >= 15 is 0 Å². The van der Waals surface area contributed by atoms with Crippen LogP contribution in [0, 0.1) is 0 Å². The molecule has 2 nitrogen and oxygen atoms in total. The summed E-state index contributed by atoms with van der Waals surface area (Å²) < 4.78 is 0. The van der Waals surface area contributed by atoms with Crippen LogP contribution < -0.4 is 0 Å². The van der Waals surface area contributed by atoms with Crippen LogP contribution in [0.2, 0.25) is 0 Å². The highest BCUT2D eigenvalue weighted by molar-refractivity contribution is 6.22. The number of nitrogens with zero attached hydrogens (tertiary/aromatic N) is 2. The minimum absolute atomic E-state index is 0.725. The topological polar surface area (TPSA) is 25.8 Å². The molecular formula is C46H30N2. The van der Waals surface area contributed by atoms with Crippen LogP contribution in [0.15, 0.2) is 182 Å². The molecule has 8 aromatic carbocycles. The Hall–Kier alpha value is -6.38. The SMILES string of the molecule is c1ccc(-c2cccc3nc(-c4ccc(-c5ccc6c(-c7ccccc7)c7ccccc7c(-c7ccccc7)c6c5)cc4)ncc23)cc1. The van der Waals surface area contributed by atoms with Crippen LogP contribution >= 0.6 is 0 Å². The van der Waals surface area contributed by atoms with E-state index in [9.17, 15) is 0 Å². The van der Waals surface area contributed by atoms with Crippen LogP contribution in [-0.2, 0) is 0 Å². The van der Waals surface area contributed by atoms with E-state index in [1.807, 2.05) is 12.3 Å². The number of benzene rings is 8. The molecule has 0 saturated heterocycles. The predicted molar refractivity (Wildman–Crippen MR) is 202 cm³/mol. The van der Waals surface area contributed by atoms with E-state index in [-0.39, 0.29) is 0 Å². The maximum atomic E-state index is 4.98. The van der Waals surface area contributed by atoms with Gasteiger partial charge in [0.05, 0.1) is 5.52 Å². The second-order valence-electron chi connectivity index (χ2n) is 12.2. The highest BCUT2D eigenvalue weighted by atomic mass is 14.9. The normalized spacial score (nSPS) is 11.3. The van der Waals surface area contributed by atoms with Crippen molar-refractivity contribution in [2.75, 3.05) is 0 Å². The molecule has 0 atom stereocenters. The lowest BCUT2D eigenvalue weighted by Gasteiger charge is -2.18. The van der Waals surface area contributed by atoms with E-state index in [0.717, 1.165) is 33.4 Å². The number of hydrogen-bond acceptors (Lipinski definition) is 2. The Kier molecular flexibility index (Phi) is 6.84. The Morgan fingerprint density at radius 1 is 0.312 bits per heavy atom. The van der Waals surface area contributed by atoms with Crippen LogP contribution in [0.25, 0.3) is 88.3 Å². The largest absolute Gasteiger partial charge is 0.236 e. The van der Waals surface area contributed by atoms with E-state index < -0.39 is 0 Å². The summed E-state index contributed by atoms with van der Waals surface area (Å²) in [5.41, 5.74) is 11.5. The van der Waals surface area contributed by atoms with Gasteiger partial charge in [0.2, 0.25) is 0 Å². The Bertz CT molecular complexity index is 2570. The molecule has 1 heterocycles. The van der Waals surface area contributed by atoms with E-state index in [1.165, 1.54) is 54.9 Å². The summed E-state index contributed by atoms with van der Waals surface area (Å²) in [4.78, 5) is 9.78. The van der Waals surface area contributed by atoms with Gasteiger partial charge in [-0.2, -0.15) is 0 Å². The molecule has 48 heavy (non-hydrogen) atoms. The number of fused-ring (bicyclic) bond motifs is 3. The third-order valence-electron chi connectivity index (χ3n) is 9.34. The fraction of sp³-hybridized carbons (Fsp3) is 0. The Balaban J connectivity index is 1.17. The fourth-order valence-corrected chi connectivity index (χ4v) is 7.06. The summed E-state index contributed by atoms with van der Waals surface area (Å²) in [7, 11) is 0. The molecule has 0 unspecified atom stereocenters. The Morgan fingerprint density at radius 2 is 0.833 bits per heavy atom. The van der Waals surface area contributed by atoms with Crippen LogP contribution in [-0.4, -0.2) is 9.97 Å². The minimum atomic E-state index is 0.725. The third-order valence-corrected chi connectivity index (χ3v) is 9.34. The van der Waals surface area contributed by atoms with Crippen LogP contribution in [0.3, 0.4) is 0 Å². The predicted octanol–water partition coefficient (Wildman–Crippen LogP) is 12.3. The first kappa shape index (κ1) is 27.9. The molecule has 0 aliphatic rings. The highest BCUT2D eigenvalue weighted by Crippen LogP contribution is 2.44. The van der Waals surface area contributed by atoms with Gasteiger partial charge in [-0.1, -0.05) is 164 Å². The van der Waals surface area contributed by atoms with E-state index in [2.05, 4.69) is 170 Å². The summed E-state index contributed by atoms with van der Waals surface area (Å²) in [5.74, 6) is 0.725. The molecule has 1 aromatic heterocycles. The molecule has 9 rings (SSSR count). The first-order valence-electron chi connectivity index (χ1n) is 16.3. The van der Waals surface area contributed by atoms with Gasteiger partial charge in [-0.15, -0.1) is 0 Å². The molecule has 0 aliphatic carbocycles. The molecule has 224 valence electrons. The monoisotopic (exact) mass is 610 g/mol. The minimum Gasteiger partial charge on any atom is -0.236 e. The van der Waals surface area contributed by atoms with E-state index in [4.69, 9.17) is 9.97 Å². The standard InChI is InChI=1S/C46H30N2/c1-4-13-32(14-5-1)37-21-12-22-43-42(37)30-47-46(48-43)35-25-23-31(24-26-35)36-27-28-40-41(29-36)45(34-17-8-3-9-18-34)39-20-11-10-19-38(39)44(40)33-15-6-2-7-16-33/h1-30H. The summed E-state index contributed by atoms with van der Waals surface area (Å²) in [6.45, 7) is 0. The molecule has 0 aliphatic heterocycles. The number of rotatable bonds is 5. The van der Waals surface area contributed by atoms with Gasteiger partial charge in [0, 0.05) is 17.1 Å². The van der Waals surface area contributed by atoms with Crippen molar-refractivity contribution in [3.63, 3.8) is 0 Å². The van der Waals surface area contributed by atoms with Crippen molar-refractivity contribution >= 4 is 32.4 Å². The van der Waals surface area contributed by atoms with Crippen molar-refractivity contribution in [1.82, 2.24) is 9.97 Å². The molecule has 0 radical (unpaired) electrons. The highest BCUT2D eigenvalue weighted by Gasteiger charge is 2.17. The van der Waals surface area contributed by atoms with Gasteiger partial charge < -0.3 is 0 Å². The second kappa shape index (κ2) is 11.8. The van der Waals surface area contributed by atoms with Gasteiger partial charge in [-0.05, 0) is 78.2 Å². The van der Waals surface area contributed by atoms with Gasteiger partial charge in [-0.3, -0.25) is 0 Å². The molecule has 0 N–H and O–H groups in total. The van der Waals surface area contributed by atoms with Crippen molar-refractivity contribution < 1.29 is 0 Å². The van der Waals surface area contributed by atoms with Crippen LogP contribution in [0.1, 0.15) is 0 Å². The first-order valence-corrected chi connectivity index (χ1v) is 16.3. The zero-order valence-corrected chi connectivity index (χ0v) is 26.2. The van der Waals surface area contributed by atoms with E-state index in [1.54, 1.807) is 0 Å². The lowest BCUT2D eigenvalue weighted by Crippen LogP contribution is -1.92. The average molecular weight is 611 g/mol. The lowest BCUT2D eigenvalue weighted by atomic mass is 9.85. The maximum absolute atomic E-state index is 4.98. The maximum Gasteiger partial charge on any atom is 0.159 e. The number of aromatic nitrogens is 2. The quantitative estimate of drug-likeness (QED) is 0.181. The van der Waals surface area contributed by atoms with Crippen molar-refractivity contribution in [1.29, 1.82) is 0 Å². The van der Waals surface area contributed by atoms with Gasteiger partial charge in [0.15, 0.2) is 5.82 Å². The molecule has 2 heteroatoms. The summed E-state index contributed by atoms with van der Waals surface area (Å²) in [5, 5.41) is 6.06. The first-order chi connectivity index (χ1) is 23.8. The van der Waals surface area contributed by atoms with Gasteiger partial charge in [0.25, 0.3) is 0 Å². The summed E-state index contributed by atoms with van der Waals surface area (Å²) in [6, 6.07) is 62.6. The number of hydrogen-bond donors (Lipinski definition) is 0.